The lowest BCUT2D eigenvalue weighted by molar-refractivity contribution is -0.256. The molecule has 24 N–H and O–H groups in total. The van der Waals surface area contributed by atoms with Crippen molar-refractivity contribution in [3.8, 4) is 23.0 Å². The molecule has 6 aliphatic rings. The Morgan fingerprint density at radius 3 is 2.07 bits per heavy atom. The Kier molecular flexibility index (Phi) is 35.6. The van der Waals surface area contributed by atoms with Crippen molar-refractivity contribution in [1.29, 1.82) is 10.8 Å². The van der Waals surface area contributed by atoms with E-state index in [9.17, 15) is 111 Å². The van der Waals surface area contributed by atoms with E-state index in [1.165, 1.54) is 67.0 Å². The van der Waals surface area contributed by atoms with Crippen molar-refractivity contribution in [2.45, 2.75) is 240 Å². The van der Waals surface area contributed by atoms with Crippen molar-refractivity contribution in [1.82, 2.24) is 30.1 Å². The van der Waals surface area contributed by atoms with E-state index in [2.05, 4.69) is 70.2 Å². The monoisotopic (exact) mass is 1940 g/mol. The average molecular weight is 1950 g/mol. The first-order valence-corrected chi connectivity index (χ1v) is 46.2. The molecule has 2 fully saturated rings. The number of aromatic hydroxyl groups is 3. The van der Waals surface area contributed by atoms with E-state index in [0.717, 1.165) is 0 Å². The molecule has 0 bridgehead atoms. The van der Waals surface area contributed by atoms with Gasteiger partial charge in [0.25, 0.3) is 0 Å². The lowest BCUT2D eigenvalue weighted by Gasteiger charge is -2.44. The summed E-state index contributed by atoms with van der Waals surface area (Å²) in [6, 6.07) is 3.34. The Labute approximate surface area is 803 Å². The molecular weight excluding hydrogens is 1820 g/mol. The topological polar surface area (TPSA) is 726 Å². The van der Waals surface area contributed by atoms with Crippen molar-refractivity contribution in [2.75, 3.05) is 53.0 Å². The molecule has 4 aromatic carbocycles. The number of phenols is 3. The van der Waals surface area contributed by atoms with Crippen molar-refractivity contribution in [3.05, 3.63) is 148 Å². The number of likely N-dealkylation sites (tertiary alicyclic amines) is 1. The third-order valence-corrected chi connectivity index (χ3v) is 25.0. The van der Waals surface area contributed by atoms with Crippen molar-refractivity contribution in [2.24, 2.45) is 61.6 Å². The molecule has 45 nitrogen and oxygen atoms in total. The molecule has 12 rings (SSSR count). The number of guanidine groups is 1. The molecule has 0 saturated carbocycles. The molecule has 140 heavy (non-hydrogen) atoms. The van der Waals surface area contributed by atoms with Gasteiger partial charge in [-0.2, -0.15) is 0 Å². The number of hydrogen-bond acceptors (Lipinski definition) is 29. The van der Waals surface area contributed by atoms with Crippen LogP contribution in [0.4, 0.5) is 0 Å². The van der Waals surface area contributed by atoms with Gasteiger partial charge < -0.3 is 137 Å². The number of nitrogens with zero attached hydrogens (tertiary/aromatic N) is 13. The summed E-state index contributed by atoms with van der Waals surface area (Å²) in [5.41, 5.74) is 2.93. The van der Waals surface area contributed by atoms with Crippen LogP contribution in [0.3, 0.4) is 0 Å². The zero-order valence-corrected chi connectivity index (χ0v) is 77.7. The number of aromatic nitrogens is 3. The van der Waals surface area contributed by atoms with Gasteiger partial charge in [-0.25, -0.2) is 49.9 Å². The molecule has 0 radical (unpaired) electrons. The van der Waals surface area contributed by atoms with Gasteiger partial charge in [-0.15, -0.1) is 0 Å². The fraction of sp³-hybridized carbons (Fsp3) is 0.495. The normalized spacial score (nSPS) is 22.2. The Hall–Kier alpha value is -14.4. The van der Waals surface area contributed by atoms with Crippen LogP contribution in [-0.2, 0) is 54.3 Å². The first-order valence-electron chi connectivity index (χ1n) is 46.2. The van der Waals surface area contributed by atoms with Crippen LogP contribution in [0.5, 0.6) is 23.0 Å². The van der Waals surface area contributed by atoms with Crippen molar-refractivity contribution < 1.29 is 130 Å². The number of aromatic amines is 2. The smallest absolute Gasteiger partial charge is 0.306 e. The summed E-state index contributed by atoms with van der Waals surface area (Å²) in [5.74, 6) is -14.8. The van der Waals surface area contributed by atoms with Gasteiger partial charge in [-0.3, -0.25) is 39.8 Å². The van der Waals surface area contributed by atoms with Crippen LogP contribution in [0.25, 0.3) is 10.9 Å². The van der Waals surface area contributed by atoms with Crippen LogP contribution in [0.2, 0.25) is 0 Å². The number of aliphatic hydroxyl groups excluding tert-OH is 13. The number of amides is 1. The molecule has 4 aliphatic heterocycles. The summed E-state index contributed by atoms with van der Waals surface area (Å²) in [6.07, 6.45) is 2.23. The number of unbranched alkanes of at least 4 members (excludes halogenated alkanes) is 1. The predicted octanol–water partition coefficient (Wildman–Crippen LogP) is 7.93. The minimum Gasteiger partial charge on any atom is -0.508 e. The van der Waals surface area contributed by atoms with E-state index in [4.69, 9.17) is 35.5 Å². The number of rotatable bonds is 47. The summed E-state index contributed by atoms with van der Waals surface area (Å²) in [6.45, 7) is 3.03. The van der Waals surface area contributed by atoms with Crippen LogP contribution >= 0.6 is 0 Å². The molecule has 2 aliphatic carbocycles. The number of nitrogens with one attached hydrogen (secondary N) is 5. The SMILES string of the molecule is COc1cccc2c1C(=O)c1c(O)c3c(c(O)c1C2=O)CC(O)(C(=O)COC(=O)CCCC(O)=NCCCCC(N=C(O)C(Cc1ccc(O)cc1)N=C(O)C(CO)N=C(O)C(Cc1c[nH]c2ccccc12)N=C(O)C(Cc1cnc[nH]1)N=C(O)C1CCC(O)=N1)C(O)=NC(CC(C)C)C(O)=NC(CCCNC(=N)N)C(=O)N1CCCC1C(O)=NCC(=N)O)CC3OC1CC(N2C=CCC2)C(O)C(C)O1. The fourth-order valence-corrected chi connectivity index (χ4v) is 17.8. The van der Waals surface area contributed by atoms with E-state index in [-0.39, 0.29) is 167 Å². The summed E-state index contributed by atoms with van der Waals surface area (Å²) >= 11 is 0. The lowest BCUT2D eigenvalue weighted by atomic mass is 9.72. The Bertz CT molecular complexity index is 5830. The molecule has 1 amide bonds. The number of carbonyl (C=O) groups excluding carboxylic acids is 5. The van der Waals surface area contributed by atoms with Crippen LogP contribution in [0, 0.1) is 16.7 Å². The van der Waals surface area contributed by atoms with Crippen LogP contribution in [-0.4, -0.2) is 349 Å². The molecule has 15 unspecified atom stereocenters. The van der Waals surface area contributed by atoms with Gasteiger partial charge in [0.05, 0.1) is 55.0 Å². The number of carbonyl (C=O) groups is 5. The number of fused-ring (bicyclic) bond motifs is 4. The number of aliphatic imine (C=N–C) groups is 10. The van der Waals surface area contributed by atoms with Gasteiger partial charge in [-0.1, -0.05) is 62.4 Å². The molecule has 15 atom stereocenters. The minimum atomic E-state index is -2.56. The highest BCUT2D eigenvalue weighted by molar-refractivity contribution is 6.31. The number of H-pyrrole nitrogens is 2. The number of aliphatic hydroxyl groups is 14. The van der Waals surface area contributed by atoms with Gasteiger partial charge >= 0.3 is 5.97 Å². The van der Waals surface area contributed by atoms with Gasteiger partial charge in [0.2, 0.25) is 64.7 Å². The van der Waals surface area contributed by atoms with Crippen molar-refractivity contribution >= 4 is 111 Å². The zero-order chi connectivity index (χ0) is 101. The molecule has 45 heteroatoms. The average Bonchev–Trinajstić information content (AvgIpc) is 0.771. The maximum Gasteiger partial charge on any atom is 0.306 e. The third-order valence-electron chi connectivity index (χ3n) is 25.0. The Balaban J connectivity index is 0.798. The number of hydrogen-bond donors (Lipinski definition) is 23. The van der Waals surface area contributed by atoms with Gasteiger partial charge in [0, 0.05) is 130 Å². The van der Waals surface area contributed by atoms with E-state index in [1.54, 1.807) is 51.2 Å². The second kappa shape index (κ2) is 47.8. The maximum absolute atomic E-state index is 14.7. The quantitative estimate of drug-likeness (QED) is 0.00566. The molecule has 6 heterocycles. The van der Waals surface area contributed by atoms with E-state index >= 15 is 0 Å². The molecule has 2 saturated heterocycles. The number of ketones is 3. The minimum absolute atomic E-state index is 0.00631. The Morgan fingerprint density at radius 1 is 0.721 bits per heavy atom. The van der Waals surface area contributed by atoms with Crippen molar-refractivity contribution in [3.63, 3.8) is 0 Å². The summed E-state index contributed by atoms with van der Waals surface area (Å²) in [7, 11) is 1.28. The summed E-state index contributed by atoms with van der Waals surface area (Å²) < 4.78 is 23.5. The number of methoxy groups -OCH3 is 1. The van der Waals surface area contributed by atoms with Gasteiger partial charge in [0.1, 0.15) is 89.6 Å². The maximum atomic E-state index is 14.7. The number of Topliss-reactive ketones (excluding diaryl/α,β-unsaturated/α-hetero) is 1. The molecule has 2 aromatic heterocycles. The zero-order valence-electron chi connectivity index (χ0n) is 77.7. The number of nitrogens with two attached hydrogens (primary N) is 1. The lowest BCUT2D eigenvalue weighted by Crippen LogP contribution is -2.54. The highest BCUT2D eigenvalue weighted by atomic mass is 16.7. The highest BCUT2D eigenvalue weighted by Crippen LogP contribution is 2.53. The fourth-order valence-electron chi connectivity index (χ4n) is 17.8. The van der Waals surface area contributed by atoms with E-state index in [0.29, 0.717) is 47.1 Å². The molecular formula is C95H121N19O26. The number of esters is 1. The number of para-hydroxylation sites is 1. The molecule has 0 spiro atoms. The highest BCUT2D eigenvalue weighted by Gasteiger charge is 2.52. The first-order chi connectivity index (χ1) is 66.9. The van der Waals surface area contributed by atoms with Crippen LogP contribution in [0.1, 0.15) is 189 Å². The molecule has 6 aromatic rings. The third kappa shape index (κ3) is 26.3. The predicted molar refractivity (Wildman–Crippen MR) is 516 cm³/mol. The largest absolute Gasteiger partial charge is 0.508 e. The number of benzene rings is 4. The number of phenolic OH excluding ortho intramolecular Hbond substituents is 3. The Morgan fingerprint density at radius 2 is 1.39 bits per heavy atom. The van der Waals surface area contributed by atoms with Gasteiger partial charge in [0.15, 0.2) is 48.4 Å². The van der Waals surface area contributed by atoms with E-state index in [1.807, 2.05) is 17.2 Å². The summed E-state index contributed by atoms with van der Waals surface area (Å²) in [5, 5.41) is 215. The second-order valence-corrected chi connectivity index (χ2v) is 35.6. The number of imidazole rings is 1. The number of ether oxygens (including phenoxy) is 4. The van der Waals surface area contributed by atoms with Gasteiger partial charge in [-0.05, 0) is 125 Å². The summed E-state index contributed by atoms with van der Waals surface area (Å²) in [4.78, 5) is 128. The van der Waals surface area contributed by atoms with Crippen LogP contribution in [0.15, 0.2) is 148 Å². The standard InChI is InChI=1S/C95H121N19O26/c1-48(2)35-61(87(129)107-60(19-13-31-101-94(97)98)93(135)114-34-14-20-66(114)92(134)103-44-71(96)118)108-85(127)58(106-88(130)62(36-50-24-26-53(116)27-25-50)109-91(133)65(45-115)112-89(131)63(37-51-42-102-57-17-6-5-15-54(51)57)110-90(132)64(38-52-43-99-47-104-52)111-86(128)59-28-29-73(120)105-59)18-7-8-30-100-72(119)22-12-23-74(121)138-46-70(117)95(136)40-56-77(69(41-95)140-75-39-67(80(122)49(3)139-75)113-32-9-10-33-113)84(126)79-78(82(56)124)81(123)55-16-11-21-68(137-4)76(55)83(79)125/h5-6,9,11,15-17,21,24-27,32,42-43,47-49,58-67,69,75,80,102,115-116,122,124,126,136H,7-8,10,12-14,18-20,22-23,28-31,33-41,44-46H2,1-4H3,(H2,96,118)(H,99,104)(H,100,119)(H,103,134)(H,105,120)(H,106,130)(H,107,129)(H,108,127)(H,109,133)(H,110,132)(H,111,128)(H,112,131)(H4,97,98,101). The first kappa shape index (κ1) is 104. The molecule has 752 valence electrons. The van der Waals surface area contributed by atoms with Crippen LogP contribution < -0.4 is 15.8 Å². The van der Waals surface area contributed by atoms with E-state index < -0.39 is 240 Å². The second-order valence-electron chi connectivity index (χ2n) is 35.6.